The number of nitrogens with zero attached hydrogens (tertiary/aromatic N) is 2. The number of carbonyl (C=O) groups excluding carboxylic acids is 1. The molecular formula is C14H14N2OS. The van der Waals surface area contributed by atoms with Gasteiger partial charge in [-0.25, -0.2) is 0 Å². The average molecular weight is 258 g/mol. The van der Waals surface area contributed by atoms with Crippen LogP contribution in [0.1, 0.15) is 12.0 Å². The molecule has 0 spiro atoms. The maximum absolute atomic E-state index is 12.0. The van der Waals surface area contributed by atoms with Crippen LogP contribution in [-0.2, 0) is 4.79 Å². The highest BCUT2D eigenvalue weighted by molar-refractivity contribution is 7.81. The van der Waals surface area contributed by atoms with E-state index in [1.54, 1.807) is 6.20 Å². The van der Waals surface area contributed by atoms with Crippen molar-refractivity contribution in [1.29, 1.82) is 0 Å². The molecule has 1 fully saturated rings. The molecule has 92 valence electrons. The van der Waals surface area contributed by atoms with Gasteiger partial charge in [0.1, 0.15) is 0 Å². The van der Waals surface area contributed by atoms with Gasteiger partial charge in [0, 0.05) is 29.8 Å². The van der Waals surface area contributed by atoms with Gasteiger partial charge >= 0.3 is 0 Å². The largest absolute Gasteiger partial charge is 0.311 e. The summed E-state index contributed by atoms with van der Waals surface area (Å²) in [6, 6.07) is 7.95. The maximum atomic E-state index is 12.0. The second kappa shape index (κ2) is 4.28. The van der Waals surface area contributed by atoms with Gasteiger partial charge in [-0.2, -0.15) is 12.6 Å². The minimum absolute atomic E-state index is 0.130. The fourth-order valence-electron chi connectivity index (χ4n) is 2.46. The fraction of sp³-hybridized carbons (Fsp3) is 0.286. The van der Waals surface area contributed by atoms with E-state index in [1.807, 2.05) is 36.1 Å². The third-order valence-electron chi connectivity index (χ3n) is 3.34. The molecule has 3 nitrogen and oxygen atoms in total. The first kappa shape index (κ1) is 11.5. The number of thiol groups is 1. The number of hydrogen-bond acceptors (Lipinski definition) is 3. The standard InChI is InChI=1S/C14H14N2OS/c1-9-4-5-12(11-3-2-6-15-14(9)11)16-8-10(18)7-13(16)17/h2-6,10,18H,7-8H2,1H3. The minimum Gasteiger partial charge on any atom is -0.311 e. The summed E-state index contributed by atoms with van der Waals surface area (Å²) in [6.07, 6.45) is 2.30. The number of hydrogen-bond donors (Lipinski definition) is 1. The van der Waals surface area contributed by atoms with Gasteiger partial charge < -0.3 is 4.90 Å². The second-order valence-electron chi connectivity index (χ2n) is 4.66. The lowest BCUT2D eigenvalue weighted by atomic mass is 10.1. The topological polar surface area (TPSA) is 33.2 Å². The van der Waals surface area contributed by atoms with Gasteiger partial charge in [0.2, 0.25) is 5.91 Å². The first-order valence-electron chi connectivity index (χ1n) is 5.99. The summed E-state index contributed by atoms with van der Waals surface area (Å²) in [7, 11) is 0. The number of pyridine rings is 1. The Balaban J connectivity index is 2.18. The van der Waals surface area contributed by atoms with Gasteiger partial charge in [0.25, 0.3) is 0 Å². The lowest BCUT2D eigenvalue weighted by Gasteiger charge is -2.18. The zero-order chi connectivity index (χ0) is 12.7. The third-order valence-corrected chi connectivity index (χ3v) is 3.69. The summed E-state index contributed by atoms with van der Waals surface area (Å²) in [4.78, 5) is 18.2. The van der Waals surface area contributed by atoms with Crippen molar-refractivity contribution in [2.75, 3.05) is 11.4 Å². The van der Waals surface area contributed by atoms with Crippen molar-refractivity contribution in [3.05, 3.63) is 36.0 Å². The molecule has 0 N–H and O–H groups in total. The molecule has 1 amide bonds. The van der Waals surface area contributed by atoms with Crippen LogP contribution in [0.25, 0.3) is 10.9 Å². The van der Waals surface area contributed by atoms with Crippen molar-refractivity contribution in [3.8, 4) is 0 Å². The van der Waals surface area contributed by atoms with E-state index in [2.05, 4.69) is 17.6 Å². The fourth-order valence-corrected chi connectivity index (χ4v) is 2.78. The van der Waals surface area contributed by atoms with E-state index in [4.69, 9.17) is 0 Å². The monoisotopic (exact) mass is 258 g/mol. The molecule has 2 aromatic rings. The molecule has 0 aliphatic carbocycles. The van der Waals surface area contributed by atoms with Crippen molar-refractivity contribution in [3.63, 3.8) is 0 Å². The minimum atomic E-state index is 0.130. The molecular weight excluding hydrogens is 244 g/mol. The first-order chi connectivity index (χ1) is 8.66. The van der Waals surface area contributed by atoms with Crippen molar-refractivity contribution in [2.24, 2.45) is 0 Å². The SMILES string of the molecule is Cc1ccc(N2CC(S)CC2=O)c2cccnc12. The van der Waals surface area contributed by atoms with E-state index < -0.39 is 0 Å². The Labute approximate surface area is 111 Å². The average Bonchev–Trinajstić information content (AvgIpc) is 2.69. The predicted molar refractivity (Wildman–Crippen MR) is 76.2 cm³/mol. The molecule has 1 aromatic carbocycles. The van der Waals surface area contributed by atoms with E-state index in [0.717, 1.165) is 22.2 Å². The molecule has 1 saturated heterocycles. The van der Waals surface area contributed by atoms with Gasteiger partial charge in [-0.15, -0.1) is 0 Å². The zero-order valence-corrected chi connectivity index (χ0v) is 11.0. The van der Waals surface area contributed by atoms with E-state index in [9.17, 15) is 4.79 Å². The Kier molecular flexibility index (Phi) is 2.74. The van der Waals surface area contributed by atoms with Crippen molar-refractivity contribution >= 4 is 35.1 Å². The highest BCUT2D eigenvalue weighted by atomic mass is 32.1. The smallest absolute Gasteiger partial charge is 0.228 e. The van der Waals surface area contributed by atoms with Crippen molar-refractivity contribution in [2.45, 2.75) is 18.6 Å². The van der Waals surface area contributed by atoms with Crippen LogP contribution in [0.3, 0.4) is 0 Å². The lowest BCUT2D eigenvalue weighted by molar-refractivity contribution is -0.117. The summed E-state index contributed by atoms with van der Waals surface area (Å²) >= 11 is 4.40. The molecule has 2 heterocycles. The van der Waals surface area contributed by atoms with Crippen molar-refractivity contribution in [1.82, 2.24) is 4.98 Å². The Hall–Kier alpha value is -1.55. The molecule has 0 radical (unpaired) electrons. The van der Waals surface area contributed by atoms with Crippen LogP contribution in [0.2, 0.25) is 0 Å². The van der Waals surface area contributed by atoms with E-state index in [0.29, 0.717) is 13.0 Å². The molecule has 0 saturated carbocycles. The van der Waals surface area contributed by atoms with E-state index in [-0.39, 0.29) is 11.2 Å². The highest BCUT2D eigenvalue weighted by Crippen LogP contribution is 2.31. The summed E-state index contributed by atoms with van der Waals surface area (Å²) in [5.41, 5.74) is 3.04. The molecule has 4 heteroatoms. The van der Waals surface area contributed by atoms with Crippen LogP contribution < -0.4 is 4.90 Å². The van der Waals surface area contributed by atoms with Crippen LogP contribution in [0.5, 0.6) is 0 Å². The summed E-state index contributed by atoms with van der Waals surface area (Å²) < 4.78 is 0. The molecule has 1 aliphatic heterocycles. The Morgan fingerprint density at radius 2 is 2.22 bits per heavy atom. The van der Waals surface area contributed by atoms with Gasteiger partial charge in [-0.3, -0.25) is 9.78 Å². The molecule has 1 atom stereocenters. The Morgan fingerprint density at radius 1 is 1.39 bits per heavy atom. The van der Waals surface area contributed by atoms with Gasteiger partial charge in [0.15, 0.2) is 0 Å². The lowest BCUT2D eigenvalue weighted by Crippen LogP contribution is -2.24. The molecule has 1 aromatic heterocycles. The van der Waals surface area contributed by atoms with E-state index in [1.165, 1.54) is 0 Å². The van der Waals surface area contributed by atoms with Crippen LogP contribution >= 0.6 is 12.6 Å². The Morgan fingerprint density at radius 3 is 2.94 bits per heavy atom. The predicted octanol–water partition coefficient (Wildman–Crippen LogP) is 2.58. The maximum Gasteiger partial charge on any atom is 0.228 e. The van der Waals surface area contributed by atoms with Crippen molar-refractivity contribution < 1.29 is 4.79 Å². The highest BCUT2D eigenvalue weighted by Gasteiger charge is 2.29. The van der Waals surface area contributed by atoms with Crippen LogP contribution in [0, 0.1) is 6.92 Å². The first-order valence-corrected chi connectivity index (χ1v) is 6.51. The summed E-state index contributed by atoms with van der Waals surface area (Å²) in [5, 5.41) is 1.17. The Bertz CT molecular complexity index is 626. The van der Waals surface area contributed by atoms with Gasteiger partial charge in [-0.1, -0.05) is 6.07 Å². The third kappa shape index (κ3) is 1.77. The number of rotatable bonds is 1. The number of aromatic nitrogens is 1. The summed E-state index contributed by atoms with van der Waals surface area (Å²) in [6.45, 7) is 2.71. The number of anilines is 1. The molecule has 18 heavy (non-hydrogen) atoms. The number of benzene rings is 1. The molecule has 1 aliphatic rings. The van der Waals surface area contributed by atoms with Gasteiger partial charge in [0.05, 0.1) is 11.2 Å². The zero-order valence-electron chi connectivity index (χ0n) is 10.1. The van der Waals surface area contributed by atoms with Crippen LogP contribution in [0.4, 0.5) is 5.69 Å². The van der Waals surface area contributed by atoms with Crippen LogP contribution in [-0.4, -0.2) is 22.7 Å². The van der Waals surface area contributed by atoms with Crippen LogP contribution in [0.15, 0.2) is 30.5 Å². The number of amides is 1. The normalized spacial score (nSPS) is 19.8. The number of carbonyl (C=O) groups is 1. The van der Waals surface area contributed by atoms with Gasteiger partial charge in [-0.05, 0) is 30.7 Å². The summed E-state index contributed by atoms with van der Waals surface area (Å²) in [5.74, 6) is 0.143. The number of aryl methyl sites for hydroxylation is 1. The molecule has 1 unspecified atom stereocenters. The number of fused-ring (bicyclic) bond motifs is 1. The van der Waals surface area contributed by atoms with E-state index >= 15 is 0 Å². The second-order valence-corrected chi connectivity index (χ2v) is 5.39. The molecule has 3 rings (SSSR count). The quantitative estimate of drug-likeness (QED) is 0.798. The molecule has 0 bridgehead atoms.